The number of carbonyl (C=O) groups is 2. The maximum atomic E-state index is 13.3. The Labute approximate surface area is 231 Å². The highest BCUT2D eigenvalue weighted by Crippen LogP contribution is 2.28. The molecule has 1 saturated carbocycles. The normalized spacial score (nSPS) is 16.7. The molecule has 2 fully saturated rings. The van der Waals surface area contributed by atoms with Crippen molar-refractivity contribution >= 4 is 39.6 Å². The number of benzene rings is 2. The number of nitrogens with one attached hydrogen (secondary N) is 1. The molecule has 3 aromatic rings. The third-order valence-corrected chi connectivity index (χ3v) is 8.64. The Morgan fingerprint density at radius 3 is 2.54 bits per heavy atom. The molecule has 2 aromatic carbocycles. The number of anilines is 1. The van der Waals surface area contributed by atoms with Gasteiger partial charge in [0, 0.05) is 43.8 Å². The van der Waals surface area contributed by atoms with Crippen LogP contribution in [0, 0.1) is 5.92 Å². The first-order valence-electron chi connectivity index (χ1n) is 13.4. The van der Waals surface area contributed by atoms with Crippen molar-refractivity contribution in [3.63, 3.8) is 0 Å². The minimum absolute atomic E-state index is 0.174. The summed E-state index contributed by atoms with van der Waals surface area (Å²) in [5.41, 5.74) is 1.63. The highest BCUT2D eigenvalue weighted by Gasteiger charge is 2.27. The number of fused-ring (bicyclic) bond motifs is 1. The molecule has 2 aliphatic rings. The number of aromatic nitrogens is 1. The third-order valence-electron chi connectivity index (χ3n) is 7.49. The van der Waals surface area contributed by atoms with E-state index in [0.717, 1.165) is 11.8 Å². The van der Waals surface area contributed by atoms with Crippen LogP contribution >= 0.6 is 0 Å². The van der Waals surface area contributed by atoms with Crippen molar-refractivity contribution in [2.24, 2.45) is 5.92 Å². The molecule has 5 rings (SSSR count). The molecule has 2 amide bonds. The number of hydrogen-bond donors (Lipinski definition) is 1. The zero-order valence-electron chi connectivity index (χ0n) is 22.1. The predicted octanol–water partition coefficient (Wildman–Crippen LogP) is 4.85. The van der Waals surface area contributed by atoms with E-state index in [1.807, 2.05) is 24.3 Å². The molecule has 2 heterocycles. The van der Waals surface area contributed by atoms with Crippen LogP contribution in [0.1, 0.15) is 42.5 Å². The Bertz CT molecular complexity index is 1350. The van der Waals surface area contributed by atoms with E-state index in [1.54, 1.807) is 40.3 Å². The molecule has 1 aromatic heterocycles. The standard InChI is InChI=1S/C29H34N4O5S/c1-37-25-20-23(31-39(36)26-10-4-8-22-9-5-14-30-27(22)26)11-12-24(25)28(34)32-15-17-33(18-16-32)29(35)38-19-13-21-6-2-3-7-21/h4-5,8-12,14,20-21,31H,2-3,6-7,13,15-19H2,1H3. The van der Waals surface area contributed by atoms with Crippen LogP contribution in [0.2, 0.25) is 0 Å². The van der Waals surface area contributed by atoms with Gasteiger partial charge in [-0.2, -0.15) is 0 Å². The summed E-state index contributed by atoms with van der Waals surface area (Å²) in [6, 6.07) is 14.4. The second-order valence-corrected chi connectivity index (χ2v) is 11.1. The fraction of sp³-hybridized carbons (Fsp3) is 0.414. The number of pyridine rings is 1. The third kappa shape index (κ3) is 6.33. The van der Waals surface area contributed by atoms with Crippen molar-refractivity contribution in [1.82, 2.24) is 14.8 Å². The van der Waals surface area contributed by atoms with E-state index in [4.69, 9.17) is 9.47 Å². The summed E-state index contributed by atoms with van der Waals surface area (Å²) in [6.45, 7) is 2.14. The molecule has 9 nitrogen and oxygen atoms in total. The van der Waals surface area contributed by atoms with Gasteiger partial charge in [-0.1, -0.05) is 43.9 Å². The van der Waals surface area contributed by atoms with Gasteiger partial charge in [-0.25, -0.2) is 9.00 Å². The van der Waals surface area contributed by atoms with Crippen molar-refractivity contribution in [1.29, 1.82) is 0 Å². The second-order valence-electron chi connectivity index (χ2n) is 9.95. The van der Waals surface area contributed by atoms with Crippen LogP contribution in [0.25, 0.3) is 10.9 Å². The minimum Gasteiger partial charge on any atom is -0.496 e. The molecule has 0 spiro atoms. The maximum Gasteiger partial charge on any atom is 0.409 e. The summed E-state index contributed by atoms with van der Waals surface area (Å²) in [5, 5.41) is 0.904. The molecular formula is C29H34N4O5S. The molecule has 10 heteroatoms. The van der Waals surface area contributed by atoms with Gasteiger partial charge < -0.3 is 24.0 Å². The van der Waals surface area contributed by atoms with Crippen LogP contribution < -0.4 is 9.46 Å². The fourth-order valence-corrected chi connectivity index (χ4v) is 6.28. The van der Waals surface area contributed by atoms with Crippen molar-refractivity contribution in [2.75, 3.05) is 44.6 Å². The molecule has 206 valence electrons. The second kappa shape index (κ2) is 12.5. The van der Waals surface area contributed by atoms with Crippen LogP contribution in [0.15, 0.2) is 59.6 Å². The van der Waals surface area contributed by atoms with Crippen LogP contribution in [-0.2, 0) is 15.7 Å². The van der Waals surface area contributed by atoms with Crippen LogP contribution in [0.5, 0.6) is 5.75 Å². The first-order chi connectivity index (χ1) is 19.0. The Morgan fingerprint density at radius 1 is 1.03 bits per heavy atom. The largest absolute Gasteiger partial charge is 0.496 e. The van der Waals surface area contributed by atoms with Gasteiger partial charge in [0.15, 0.2) is 11.0 Å². The summed E-state index contributed by atoms with van der Waals surface area (Å²) in [5.74, 6) is 0.887. The molecule has 1 aliphatic heterocycles. The van der Waals surface area contributed by atoms with Gasteiger partial charge in [0.1, 0.15) is 5.75 Å². The average Bonchev–Trinajstić information content (AvgIpc) is 3.50. The molecule has 39 heavy (non-hydrogen) atoms. The van der Waals surface area contributed by atoms with Gasteiger partial charge in [0.05, 0.1) is 35.4 Å². The number of para-hydroxylation sites is 1. The van der Waals surface area contributed by atoms with Crippen LogP contribution in [-0.4, -0.2) is 70.9 Å². The topological polar surface area (TPSA) is 101 Å². The highest BCUT2D eigenvalue weighted by atomic mass is 32.2. The minimum atomic E-state index is -1.57. The predicted molar refractivity (Wildman–Crippen MR) is 150 cm³/mol. The lowest BCUT2D eigenvalue weighted by Crippen LogP contribution is -2.50. The average molecular weight is 551 g/mol. The number of piperazine rings is 1. The number of methoxy groups -OCH3 is 1. The van der Waals surface area contributed by atoms with Gasteiger partial charge >= 0.3 is 6.09 Å². The molecule has 0 bridgehead atoms. The van der Waals surface area contributed by atoms with Gasteiger partial charge in [-0.05, 0) is 36.6 Å². The molecule has 1 atom stereocenters. The lowest BCUT2D eigenvalue weighted by atomic mass is 10.1. The van der Waals surface area contributed by atoms with Gasteiger partial charge in [0.25, 0.3) is 5.91 Å². The number of rotatable bonds is 8. The maximum absolute atomic E-state index is 13.3. The SMILES string of the molecule is COc1cc(NS(=O)c2cccc3cccnc23)ccc1C(=O)N1CCN(C(=O)OCCC2CCCC2)CC1. The Morgan fingerprint density at radius 2 is 1.77 bits per heavy atom. The molecule has 1 unspecified atom stereocenters. The quantitative estimate of drug-likeness (QED) is 0.430. The van der Waals surface area contributed by atoms with Crippen LogP contribution in [0.3, 0.4) is 0 Å². The van der Waals surface area contributed by atoms with E-state index >= 15 is 0 Å². The molecule has 1 saturated heterocycles. The first-order valence-corrected chi connectivity index (χ1v) is 14.6. The van der Waals surface area contributed by atoms with Gasteiger partial charge in [-0.3, -0.25) is 9.78 Å². The number of nitrogens with zero attached hydrogens (tertiary/aromatic N) is 3. The summed E-state index contributed by atoms with van der Waals surface area (Å²) in [4.78, 5) is 34.1. The Balaban J connectivity index is 1.17. The lowest BCUT2D eigenvalue weighted by Gasteiger charge is -2.34. The molecule has 0 radical (unpaired) electrons. The van der Waals surface area contributed by atoms with Crippen LogP contribution in [0.4, 0.5) is 10.5 Å². The first kappa shape index (κ1) is 26.9. The molecular weight excluding hydrogens is 516 g/mol. The zero-order valence-corrected chi connectivity index (χ0v) is 23.0. The van der Waals surface area contributed by atoms with E-state index in [9.17, 15) is 13.8 Å². The van der Waals surface area contributed by atoms with E-state index in [0.29, 0.717) is 66.1 Å². The van der Waals surface area contributed by atoms with Crippen molar-refractivity contribution in [3.05, 3.63) is 60.3 Å². The summed E-state index contributed by atoms with van der Waals surface area (Å²) in [6.07, 6.45) is 7.33. The van der Waals surface area contributed by atoms with Crippen molar-refractivity contribution in [2.45, 2.75) is 37.0 Å². The smallest absolute Gasteiger partial charge is 0.409 e. The highest BCUT2D eigenvalue weighted by molar-refractivity contribution is 7.86. The summed E-state index contributed by atoms with van der Waals surface area (Å²) in [7, 11) is -0.0648. The number of ether oxygens (including phenoxy) is 2. The molecule has 1 N–H and O–H groups in total. The van der Waals surface area contributed by atoms with E-state index in [2.05, 4.69) is 9.71 Å². The van der Waals surface area contributed by atoms with E-state index < -0.39 is 11.0 Å². The van der Waals surface area contributed by atoms with Gasteiger partial charge in [0.2, 0.25) is 0 Å². The van der Waals surface area contributed by atoms with Crippen molar-refractivity contribution < 1.29 is 23.3 Å². The van der Waals surface area contributed by atoms with Crippen molar-refractivity contribution in [3.8, 4) is 5.75 Å². The fourth-order valence-electron chi connectivity index (χ4n) is 5.28. The summed E-state index contributed by atoms with van der Waals surface area (Å²) < 4.78 is 27.1. The zero-order chi connectivity index (χ0) is 27.2. The number of amides is 2. The number of hydrogen-bond acceptors (Lipinski definition) is 6. The monoisotopic (exact) mass is 550 g/mol. The summed E-state index contributed by atoms with van der Waals surface area (Å²) >= 11 is 0. The lowest BCUT2D eigenvalue weighted by molar-refractivity contribution is 0.0546. The van der Waals surface area contributed by atoms with E-state index in [1.165, 1.54) is 32.8 Å². The Hall–Kier alpha value is -3.66. The van der Waals surface area contributed by atoms with Gasteiger partial charge in [-0.15, -0.1) is 0 Å². The van der Waals surface area contributed by atoms with E-state index in [-0.39, 0.29) is 12.0 Å². The molecule has 1 aliphatic carbocycles. The number of carbonyl (C=O) groups excluding carboxylic acids is 2. The Kier molecular flexibility index (Phi) is 8.61.